The van der Waals surface area contributed by atoms with Gasteiger partial charge in [0.05, 0.1) is 6.54 Å². The lowest BCUT2D eigenvalue weighted by Gasteiger charge is -2.33. The minimum absolute atomic E-state index is 0.00350. The van der Waals surface area contributed by atoms with Gasteiger partial charge in [0, 0.05) is 57.4 Å². The van der Waals surface area contributed by atoms with E-state index in [1.165, 1.54) is 0 Å². The number of nitrogens with one attached hydrogen (secondary N) is 1. The second-order valence-corrected chi connectivity index (χ2v) is 6.39. The van der Waals surface area contributed by atoms with E-state index in [1.54, 1.807) is 41.0 Å². The van der Waals surface area contributed by atoms with Gasteiger partial charge in [-0.05, 0) is 38.1 Å². The molecule has 0 radical (unpaired) electrons. The van der Waals surface area contributed by atoms with Gasteiger partial charge in [0.2, 0.25) is 11.8 Å². The number of carbonyl (C=O) groups is 3. The van der Waals surface area contributed by atoms with Gasteiger partial charge in [-0.1, -0.05) is 0 Å². The van der Waals surface area contributed by atoms with Crippen LogP contribution in [-0.4, -0.2) is 78.2 Å². The first kappa shape index (κ1) is 19.9. The molecule has 0 spiro atoms. The molecule has 0 aromatic heterocycles. The van der Waals surface area contributed by atoms with E-state index in [4.69, 9.17) is 0 Å². The Balaban J connectivity index is 1.84. The number of benzene rings is 1. The number of rotatable bonds is 6. The first-order valence-corrected chi connectivity index (χ1v) is 9.11. The molecule has 1 aromatic rings. The number of hydrogen-bond acceptors (Lipinski definition) is 4. The summed E-state index contributed by atoms with van der Waals surface area (Å²) in [5, 5.41) is 2.86. The average molecular weight is 360 g/mol. The van der Waals surface area contributed by atoms with Crippen LogP contribution in [0.2, 0.25) is 0 Å². The highest BCUT2D eigenvalue weighted by Crippen LogP contribution is 2.12. The number of anilines is 1. The Hall–Kier alpha value is -2.41. The van der Waals surface area contributed by atoms with E-state index in [2.05, 4.69) is 5.32 Å². The third-order valence-corrected chi connectivity index (χ3v) is 4.65. The third-order valence-electron chi connectivity index (χ3n) is 4.65. The van der Waals surface area contributed by atoms with Crippen molar-refractivity contribution in [2.24, 2.45) is 0 Å². The molecular weight excluding hydrogens is 332 g/mol. The van der Waals surface area contributed by atoms with E-state index in [1.807, 2.05) is 18.7 Å². The Morgan fingerprint density at radius 3 is 2.08 bits per heavy atom. The van der Waals surface area contributed by atoms with Crippen LogP contribution in [0, 0.1) is 0 Å². The second-order valence-electron chi connectivity index (χ2n) is 6.39. The van der Waals surface area contributed by atoms with Gasteiger partial charge in [0.1, 0.15) is 0 Å². The summed E-state index contributed by atoms with van der Waals surface area (Å²) in [4.78, 5) is 41.4. The zero-order valence-corrected chi connectivity index (χ0v) is 15.8. The van der Waals surface area contributed by atoms with Crippen molar-refractivity contribution in [2.45, 2.75) is 20.8 Å². The molecule has 2 rings (SSSR count). The summed E-state index contributed by atoms with van der Waals surface area (Å²) in [6.45, 7) is 9.82. The predicted octanol–water partition coefficient (Wildman–Crippen LogP) is 1.27. The zero-order chi connectivity index (χ0) is 19.1. The summed E-state index contributed by atoms with van der Waals surface area (Å²) in [6.07, 6.45) is 0. The van der Waals surface area contributed by atoms with Crippen LogP contribution in [0.5, 0.6) is 0 Å². The van der Waals surface area contributed by atoms with Crippen molar-refractivity contribution < 1.29 is 14.4 Å². The maximum atomic E-state index is 12.3. The van der Waals surface area contributed by atoms with Crippen molar-refractivity contribution in [3.05, 3.63) is 29.8 Å². The van der Waals surface area contributed by atoms with Crippen molar-refractivity contribution >= 4 is 23.4 Å². The van der Waals surface area contributed by atoms with Crippen LogP contribution in [0.1, 0.15) is 31.1 Å². The molecule has 1 aliphatic heterocycles. The summed E-state index contributed by atoms with van der Waals surface area (Å²) in [6, 6.07) is 6.98. The molecule has 7 nitrogen and oxygen atoms in total. The van der Waals surface area contributed by atoms with Gasteiger partial charge in [-0.15, -0.1) is 0 Å². The summed E-state index contributed by atoms with van der Waals surface area (Å²) in [5.74, 6) is -0.0197. The van der Waals surface area contributed by atoms with Crippen LogP contribution in [0.25, 0.3) is 0 Å². The average Bonchev–Trinajstić information content (AvgIpc) is 2.63. The molecule has 3 amide bonds. The van der Waals surface area contributed by atoms with Crippen LogP contribution in [-0.2, 0) is 9.59 Å². The molecule has 1 N–H and O–H groups in total. The summed E-state index contributed by atoms with van der Waals surface area (Å²) in [5.41, 5.74) is 1.29. The number of hydrogen-bond donors (Lipinski definition) is 1. The molecule has 7 heteroatoms. The molecule has 142 valence electrons. The lowest BCUT2D eigenvalue weighted by Crippen LogP contribution is -2.49. The topological polar surface area (TPSA) is 73.0 Å². The van der Waals surface area contributed by atoms with Crippen LogP contribution < -0.4 is 5.32 Å². The van der Waals surface area contributed by atoms with Gasteiger partial charge in [-0.25, -0.2) is 0 Å². The van der Waals surface area contributed by atoms with Crippen molar-refractivity contribution in [3.8, 4) is 0 Å². The molecule has 1 aliphatic rings. The highest BCUT2D eigenvalue weighted by atomic mass is 16.2. The SMILES string of the molecule is CCN(CC)C(=O)c1ccc(NC(=O)CN2CCN(C(C)=O)CC2)cc1. The number of amides is 3. The first-order chi connectivity index (χ1) is 12.4. The standard InChI is InChI=1S/C19H28N4O3/c1-4-22(5-2)19(26)16-6-8-17(9-7-16)20-18(25)14-21-10-12-23(13-11-21)15(3)24/h6-9H,4-5,10-14H2,1-3H3,(H,20,25). The van der Waals surface area contributed by atoms with Gasteiger partial charge in [0.15, 0.2) is 0 Å². The molecule has 0 unspecified atom stereocenters. The maximum absolute atomic E-state index is 12.3. The smallest absolute Gasteiger partial charge is 0.253 e. The predicted molar refractivity (Wildman–Crippen MR) is 101 cm³/mol. The third kappa shape index (κ3) is 5.29. The maximum Gasteiger partial charge on any atom is 0.253 e. The monoisotopic (exact) mass is 360 g/mol. The summed E-state index contributed by atoms with van der Waals surface area (Å²) >= 11 is 0. The van der Waals surface area contributed by atoms with Crippen molar-refractivity contribution in [1.29, 1.82) is 0 Å². The molecule has 1 aromatic carbocycles. The molecule has 0 atom stereocenters. The Kier molecular flexibility index (Phi) is 7.15. The molecule has 0 aliphatic carbocycles. The fourth-order valence-electron chi connectivity index (χ4n) is 3.01. The van der Waals surface area contributed by atoms with Gasteiger partial charge in [-0.2, -0.15) is 0 Å². The Morgan fingerprint density at radius 2 is 1.58 bits per heavy atom. The van der Waals surface area contributed by atoms with Gasteiger partial charge >= 0.3 is 0 Å². The largest absolute Gasteiger partial charge is 0.340 e. The number of carbonyl (C=O) groups excluding carboxylic acids is 3. The highest BCUT2D eigenvalue weighted by Gasteiger charge is 2.20. The van der Waals surface area contributed by atoms with Crippen LogP contribution in [0.3, 0.4) is 0 Å². The quantitative estimate of drug-likeness (QED) is 0.829. The molecular formula is C19H28N4O3. The highest BCUT2D eigenvalue weighted by molar-refractivity contribution is 5.96. The summed E-state index contributed by atoms with van der Waals surface area (Å²) in [7, 11) is 0. The van der Waals surface area contributed by atoms with Crippen LogP contribution in [0.15, 0.2) is 24.3 Å². The molecule has 1 heterocycles. The molecule has 1 saturated heterocycles. The number of piperazine rings is 1. The lowest BCUT2D eigenvalue weighted by molar-refractivity contribution is -0.130. The van der Waals surface area contributed by atoms with E-state index in [0.717, 1.165) is 0 Å². The molecule has 26 heavy (non-hydrogen) atoms. The Labute approximate surface area is 154 Å². The minimum Gasteiger partial charge on any atom is -0.340 e. The van der Waals surface area contributed by atoms with E-state index in [9.17, 15) is 14.4 Å². The first-order valence-electron chi connectivity index (χ1n) is 9.11. The fraction of sp³-hybridized carbons (Fsp3) is 0.526. The van der Waals surface area contributed by atoms with Crippen molar-refractivity contribution in [3.63, 3.8) is 0 Å². The van der Waals surface area contributed by atoms with Gasteiger partial charge < -0.3 is 15.1 Å². The van der Waals surface area contributed by atoms with E-state index in [-0.39, 0.29) is 17.7 Å². The zero-order valence-electron chi connectivity index (χ0n) is 15.8. The normalized spacial score (nSPS) is 14.8. The summed E-state index contributed by atoms with van der Waals surface area (Å²) < 4.78 is 0. The van der Waals surface area contributed by atoms with Crippen LogP contribution in [0.4, 0.5) is 5.69 Å². The second kappa shape index (κ2) is 9.33. The Morgan fingerprint density at radius 1 is 1.00 bits per heavy atom. The Bertz CT molecular complexity index is 633. The van der Waals surface area contributed by atoms with Gasteiger partial charge in [0.25, 0.3) is 5.91 Å². The number of nitrogens with zero attached hydrogens (tertiary/aromatic N) is 3. The lowest BCUT2D eigenvalue weighted by atomic mass is 10.1. The van der Waals surface area contributed by atoms with E-state index >= 15 is 0 Å². The molecule has 0 saturated carbocycles. The minimum atomic E-state index is -0.0934. The fourth-order valence-corrected chi connectivity index (χ4v) is 3.01. The van der Waals surface area contributed by atoms with Crippen molar-refractivity contribution in [2.75, 3.05) is 51.1 Å². The van der Waals surface area contributed by atoms with E-state index in [0.29, 0.717) is 57.1 Å². The van der Waals surface area contributed by atoms with Gasteiger partial charge in [-0.3, -0.25) is 19.3 Å². The van der Waals surface area contributed by atoms with Crippen molar-refractivity contribution in [1.82, 2.24) is 14.7 Å². The van der Waals surface area contributed by atoms with E-state index < -0.39 is 0 Å². The molecule has 0 bridgehead atoms. The molecule has 1 fully saturated rings. The van der Waals surface area contributed by atoms with Crippen LogP contribution >= 0.6 is 0 Å².